The van der Waals surface area contributed by atoms with Crippen molar-refractivity contribution in [3.8, 4) is 5.75 Å². The van der Waals surface area contributed by atoms with Crippen LogP contribution in [0, 0.1) is 15.9 Å². The molecule has 0 aromatic heterocycles. The van der Waals surface area contributed by atoms with Gasteiger partial charge in [-0.05, 0) is 60.7 Å². The van der Waals surface area contributed by atoms with E-state index in [1.165, 1.54) is 42.5 Å². The van der Waals surface area contributed by atoms with Gasteiger partial charge in [0.25, 0.3) is 5.69 Å². The largest absolute Gasteiger partial charge is 0.379 e. The van der Waals surface area contributed by atoms with Gasteiger partial charge in [0.15, 0.2) is 10.7 Å². The standard InChI is InChI=1S/C19H11ClFNO6S/c20-14-5-10-17(22(24)25)18(11-14)29(26,27)28-16-8-3-13(4-9-16)19(23)12-1-6-15(21)7-2-12/h1-11H. The minimum atomic E-state index is -4.55. The molecule has 0 spiro atoms. The van der Waals surface area contributed by atoms with E-state index in [-0.39, 0.29) is 21.9 Å². The quantitative estimate of drug-likeness (QED) is 0.246. The van der Waals surface area contributed by atoms with Gasteiger partial charge in [-0.1, -0.05) is 11.6 Å². The Morgan fingerprint density at radius 3 is 2.07 bits per heavy atom. The van der Waals surface area contributed by atoms with E-state index in [0.29, 0.717) is 0 Å². The Kier molecular flexibility index (Phi) is 5.62. The molecule has 10 heteroatoms. The molecule has 0 N–H and O–H groups in total. The van der Waals surface area contributed by atoms with E-state index in [4.69, 9.17) is 15.8 Å². The Bertz CT molecular complexity index is 1190. The van der Waals surface area contributed by atoms with Crippen LogP contribution >= 0.6 is 11.6 Å². The van der Waals surface area contributed by atoms with Crippen LogP contribution in [0.2, 0.25) is 5.02 Å². The fourth-order valence-corrected chi connectivity index (χ4v) is 3.80. The predicted molar refractivity (Wildman–Crippen MR) is 102 cm³/mol. The highest BCUT2D eigenvalue weighted by Gasteiger charge is 2.28. The number of benzene rings is 3. The molecule has 0 atom stereocenters. The van der Waals surface area contributed by atoms with Crippen LogP contribution in [0.4, 0.5) is 10.1 Å². The van der Waals surface area contributed by atoms with Crippen molar-refractivity contribution >= 4 is 33.2 Å². The van der Waals surface area contributed by atoms with Gasteiger partial charge < -0.3 is 4.18 Å². The summed E-state index contributed by atoms with van der Waals surface area (Å²) in [6.07, 6.45) is 0. The van der Waals surface area contributed by atoms with Crippen molar-refractivity contribution in [2.45, 2.75) is 4.90 Å². The molecule has 0 saturated heterocycles. The average molecular weight is 436 g/mol. The van der Waals surface area contributed by atoms with Gasteiger partial charge in [0.05, 0.1) is 4.92 Å². The second-order valence-corrected chi connectivity index (χ2v) is 7.72. The number of nitro benzene ring substituents is 1. The van der Waals surface area contributed by atoms with Crippen LogP contribution in [0.25, 0.3) is 0 Å². The van der Waals surface area contributed by atoms with E-state index in [9.17, 15) is 27.7 Å². The van der Waals surface area contributed by atoms with Gasteiger partial charge in [0.1, 0.15) is 11.6 Å². The van der Waals surface area contributed by atoms with Gasteiger partial charge in [-0.25, -0.2) is 4.39 Å². The van der Waals surface area contributed by atoms with Crippen molar-refractivity contribution < 1.29 is 26.7 Å². The second-order valence-electron chi connectivity index (χ2n) is 5.77. The third-order valence-electron chi connectivity index (χ3n) is 3.82. The van der Waals surface area contributed by atoms with Gasteiger partial charge in [-0.3, -0.25) is 14.9 Å². The van der Waals surface area contributed by atoms with Crippen LogP contribution in [0.1, 0.15) is 15.9 Å². The van der Waals surface area contributed by atoms with Crippen LogP contribution in [0.3, 0.4) is 0 Å². The molecule has 29 heavy (non-hydrogen) atoms. The number of carbonyl (C=O) groups excluding carboxylic acids is 1. The highest BCUT2D eigenvalue weighted by Crippen LogP contribution is 2.29. The summed E-state index contributed by atoms with van der Waals surface area (Å²) >= 11 is 5.75. The van der Waals surface area contributed by atoms with Crippen LogP contribution in [0.5, 0.6) is 5.75 Å². The van der Waals surface area contributed by atoms with Crippen molar-refractivity contribution in [1.29, 1.82) is 0 Å². The van der Waals surface area contributed by atoms with Gasteiger partial charge in [0, 0.05) is 22.2 Å². The minimum Gasteiger partial charge on any atom is -0.379 e. The average Bonchev–Trinajstić information content (AvgIpc) is 2.68. The third kappa shape index (κ3) is 4.58. The number of carbonyl (C=O) groups is 1. The van der Waals surface area contributed by atoms with Crippen molar-refractivity contribution in [3.05, 3.63) is 98.8 Å². The molecule has 0 saturated carbocycles. The molecule has 3 aromatic carbocycles. The lowest BCUT2D eigenvalue weighted by Crippen LogP contribution is -2.12. The summed E-state index contributed by atoms with van der Waals surface area (Å²) < 4.78 is 42.8. The molecule has 7 nitrogen and oxygen atoms in total. The Morgan fingerprint density at radius 2 is 1.52 bits per heavy atom. The first-order chi connectivity index (χ1) is 13.7. The van der Waals surface area contributed by atoms with E-state index in [1.807, 2.05) is 0 Å². The first kappa shape index (κ1) is 20.4. The summed E-state index contributed by atoms with van der Waals surface area (Å²) in [6.45, 7) is 0. The van der Waals surface area contributed by atoms with Gasteiger partial charge in [0.2, 0.25) is 0 Å². The SMILES string of the molecule is O=C(c1ccc(F)cc1)c1ccc(OS(=O)(=O)c2cc(Cl)ccc2[N+](=O)[O-])cc1. The van der Waals surface area contributed by atoms with Gasteiger partial charge in [-0.2, -0.15) is 8.42 Å². The zero-order chi connectivity index (χ0) is 21.2. The van der Waals surface area contributed by atoms with Gasteiger partial charge >= 0.3 is 10.1 Å². The molecular weight excluding hydrogens is 425 g/mol. The molecule has 0 amide bonds. The van der Waals surface area contributed by atoms with E-state index in [2.05, 4.69) is 0 Å². The van der Waals surface area contributed by atoms with Crippen molar-refractivity contribution in [2.24, 2.45) is 0 Å². The summed E-state index contributed by atoms with van der Waals surface area (Å²) in [5.41, 5.74) is -0.213. The smallest absolute Gasteiger partial charge is 0.346 e. The number of hydrogen-bond acceptors (Lipinski definition) is 6. The van der Waals surface area contributed by atoms with E-state index in [1.54, 1.807) is 0 Å². The predicted octanol–water partition coefficient (Wildman–Crippen LogP) is 4.39. The molecule has 0 unspecified atom stereocenters. The van der Waals surface area contributed by atoms with Crippen molar-refractivity contribution in [3.63, 3.8) is 0 Å². The Balaban J connectivity index is 1.86. The molecule has 0 radical (unpaired) electrons. The van der Waals surface area contributed by atoms with Crippen molar-refractivity contribution in [2.75, 3.05) is 0 Å². The molecule has 3 aromatic rings. The molecule has 0 aliphatic rings. The van der Waals surface area contributed by atoms with E-state index in [0.717, 1.165) is 24.3 Å². The fourth-order valence-electron chi connectivity index (χ4n) is 2.44. The highest BCUT2D eigenvalue weighted by molar-refractivity contribution is 7.87. The molecular formula is C19H11ClFNO6S. The Labute approximate surface area is 169 Å². The third-order valence-corrected chi connectivity index (χ3v) is 5.33. The monoisotopic (exact) mass is 435 g/mol. The summed E-state index contributed by atoms with van der Waals surface area (Å²) in [7, 11) is -4.55. The number of nitro groups is 1. The first-order valence-corrected chi connectivity index (χ1v) is 9.75. The van der Waals surface area contributed by atoms with E-state index < -0.39 is 37.2 Å². The maximum Gasteiger partial charge on any atom is 0.346 e. The highest BCUT2D eigenvalue weighted by atomic mass is 35.5. The second kappa shape index (κ2) is 7.98. The lowest BCUT2D eigenvalue weighted by Gasteiger charge is -2.08. The zero-order valence-corrected chi connectivity index (χ0v) is 16.0. The molecule has 0 heterocycles. The lowest BCUT2D eigenvalue weighted by atomic mass is 10.0. The Morgan fingerprint density at radius 1 is 0.966 bits per heavy atom. The first-order valence-electron chi connectivity index (χ1n) is 7.96. The molecule has 0 fully saturated rings. The maximum absolute atomic E-state index is 13.0. The fraction of sp³-hybridized carbons (Fsp3) is 0. The molecule has 0 bridgehead atoms. The van der Waals surface area contributed by atoms with Crippen molar-refractivity contribution in [1.82, 2.24) is 0 Å². The van der Waals surface area contributed by atoms with E-state index >= 15 is 0 Å². The van der Waals surface area contributed by atoms with Crippen LogP contribution in [-0.2, 0) is 10.1 Å². The normalized spacial score (nSPS) is 11.1. The van der Waals surface area contributed by atoms with Crippen LogP contribution < -0.4 is 4.18 Å². The number of halogens is 2. The summed E-state index contributed by atoms with van der Waals surface area (Å²) in [4.78, 5) is 21.9. The summed E-state index contributed by atoms with van der Waals surface area (Å²) in [5.74, 6) is -1.04. The molecule has 0 aliphatic heterocycles. The minimum absolute atomic E-state index is 0.0157. The molecule has 148 valence electrons. The maximum atomic E-state index is 13.0. The topological polar surface area (TPSA) is 104 Å². The summed E-state index contributed by atoms with van der Waals surface area (Å²) in [6, 6.07) is 13.1. The lowest BCUT2D eigenvalue weighted by molar-refractivity contribution is -0.387. The summed E-state index contributed by atoms with van der Waals surface area (Å²) in [5, 5.41) is 11.1. The molecule has 0 aliphatic carbocycles. The molecule has 3 rings (SSSR count). The zero-order valence-electron chi connectivity index (χ0n) is 14.4. The number of nitrogens with zero attached hydrogens (tertiary/aromatic N) is 1. The number of ketones is 1. The van der Waals surface area contributed by atoms with Gasteiger partial charge in [-0.15, -0.1) is 0 Å². The Hall–Kier alpha value is -3.30. The number of hydrogen-bond donors (Lipinski definition) is 0. The number of rotatable bonds is 6. The van der Waals surface area contributed by atoms with Crippen LogP contribution in [-0.4, -0.2) is 19.1 Å². The van der Waals surface area contributed by atoms with Crippen LogP contribution in [0.15, 0.2) is 71.6 Å².